The maximum absolute atomic E-state index is 13.9. The third-order valence-corrected chi connectivity index (χ3v) is 8.90. The fourth-order valence-electron chi connectivity index (χ4n) is 4.65. The van der Waals surface area contributed by atoms with Crippen LogP contribution in [0.15, 0.2) is 59.5 Å². The van der Waals surface area contributed by atoms with E-state index >= 15 is 0 Å². The van der Waals surface area contributed by atoms with Gasteiger partial charge in [-0.05, 0) is 55.0 Å². The Bertz CT molecular complexity index is 1230. The molecular formula is C30H42N2O8S. The van der Waals surface area contributed by atoms with Gasteiger partial charge in [0.25, 0.3) is 0 Å². The van der Waals surface area contributed by atoms with Gasteiger partial charge in [0.05, 0.1) is 37.4 Å². The number of hydrogen-bond acceptors (Lipinski definition) is 8. The monoisotopic (exact) mass is 590 g/mol. The van der Waals surface area contributed by atoms with Gasteiger partial charge in [0.1, 0.15) is 17.6 Å². The maximum Gasteiger partial charge on any atom is 0.407 e. The van der Waals surface area contributed by atoms with Crippen LogP contribution in [-0.2, 0) is 30.7 Å². The topological polar surface area (TPSA) is 131 Å². The lowest BCUT2D eigenvalue weighted by Gasteiger charge is -2.35. The van der Waals surface area contributed by atoms with Gasteiger partial charge in [0.2, 0.25) is 10.0 Å². The summed E-state index contributed by atoms with van der Waals surface area (Å²) in [4.78, 5) is 24.5. The van der Waals surface area contributed by atoms with Crippen molar-refractivity contribution < 1.29 is 37.3 Å². The first-order chi connectivity index (χ1) is 19.4. The molecule has 0 saturated carbocycles. The summed E-state index contributed by atoms with van der Waals surface area (Å²) in [5.41, 5.74) is 0.279. The van der Waals surface area contributed by atoms with E-state index in [9.17, 15) is 23.1 Å². The molecule has 226 valence electrons. The first kappa shape index (κ1) is 32.5. The number of hydrogen-bond donors (Lipinski definition) is 2. The van der Waals surface area contributed by atoms with E-state index in [1.54, 1.807) is 12.1 Å². The van der Waals surface area contributed by atoms with Gasteiger partial charge in [-0.3, -0.25) is 0 Å². The molecule has 2 aromatic carbocycles. The van der Waals surface area contributed by atoms with Crippen LogP contribution in [0.5, 0.6) is 5.75 Å². The van der Waals surface area contributed by atoms with Crippen molar-refractivity contribution in [2.24, 2.45) is 5.41 Å². The summed E-state index contributed by atoms with van der Waals surface area (Å²) in [5, 5.41) is 14.2. The molecule has 10 nitrogen and oxygen atoms in total. The van der Waals surface area contributed by atoms with E-state index in [1.807, 2.05) is 44.2 Å². The standard InChI is InChI=1S/C30H42N2O8S/c1-22(33)14-16-30(2,3)21-32(41(36,37)26-12-10-24(38-4)11-13-26)19-28(34)27(18-23-8-6-5-7-9-23)31-29(35)40-25-15-17-39-20-25/h5-13,25,27-28,34H,14-21H2,1-4H3,(H,31,35). The Morgan fingerprint density at radius 2 is 1.83 bits per heavy atom. The number of sulfonamides is 1. The van der Waals surface area contributed by atoms with Crippen LogP contribution in [0.1, 0.15) is 45.6 Å². The van der Waals surface area contributed by atoms with E-state index in [0.717, 1.165) is 5.56 Å². The summed E-state index contributed by atoms with van der Waals surface area (Å²) >= 11 is 0. The molecule has 0 bridgehead atoms. The number of carbonyl (C=O) groups is 2. The molecule has 3 unspecified atom stereocenters. The number of aliphatic hydroxyl groups is 1. The number of methoxy groups -OCH3 is 1. The Balaban J connectivity index is 1.88. The molecule has 3 atom stereocenters. The molecule has 0 aromatic heterocycles. The van der Waals surface area contributed by atoms with Crippen molar-refractivity contribution >= 4 is 21.9 Å². The lowest BCUT2D eigenvalue weighted by Crippen LogP contribution is -2.52. The molecule has 1 fully saturated rings. The number of rotatable bonds is 15. The second kappa shape index (κ2) is 14.8. The van der Waals surface area contributed by atoms with E-state index in [-0.39, 0.29) is 36.3 Å². The molecular weight excluding hydrogens is 548 g/mol. The predicted molar refractivity (Wildman–Crippen MR) is 154 cm³/mol. The number of carbonyl (C=O) groups excluding carboxylic acids is 2. The number of ether oxygens (including phenoxy) is 3. The highest BCUT2D eigenvalue weighted by Gasteiger charge is 2.35. The molecule has 1 heterocycles. The highest BCUT2D eigenvalue weighted by molar-refractivity contribution is 7.89. The van der Waals surface area contributed by atoms with Crippen LogP contribution in [0, 0.1) is 5.41 Å². The van der Waals surface area contributed by atoms with Crippen LogP contribution in [-0.4, -0.2) is 81.4 Å². The van der Waals surface area contributed by atoms with Gasteiger partial charge in [0, 0.05) is 25.9 Å². The lowest BCUT2D eigenvalue weighted by molar-refractivity contribution is -0.117. The number of benzene rings is 2. The van der Waals surface area contributed by atoms with Gasteiger partial charge < -0.3 is 29.4 Å². The van der Waals surface area contributed by atoms with Crippen LogP contribution in [0.3, 0.4) is 0 Å². The van der Waals surface area contributed by atoms with Crippen molar-refractivity contribution in [3.05, 3.63) is 60.2 Å². The molecule has 1 aliphatic heterocycles. The normalized spacial score (nSPS) is 17.2. The zero-order chi connectivity index (χ0) is 30.0. The highest BCUT2D eigenvalue weighted by Crippen LogP contribution is 2.29. The molecule has 0 radical (unpaired) electrons. The smallest absolute Gasteiger partial charge is 0.407 e. The third kappa shape index (κ3) is 10.1. The molecule has 2 aromatic rings. The molecule has 1 aliphatic rings. The zero-order valence-corrected chi connectivity index (χ0v) is 25.1. The summed E-state index contributed by atoms with van der Waals surface area (Å²) in [6, 6.07) is 14.5. The third-order valence-electron chi connectivity index (χ3n) is 7.07. The average Bonchev–Trinajstić information content (AvgIpc) is 3.44. The molecule has 1 amide bonds. The zero-order valence-electron chi connectivity index (χ0n) is 24.2. The Morgan fingerprint density at radius 3 is 2.41 bits per heavy atom. The Kier molecular flexibility index (Phi) is 11.7. The van der Waals surface area contributed by atoms with E-state index < -0.39 is 33.7 Å². The number of Topliss-reactive ketones (excluding diaryl/α,β-unsaturated/α-hetero) is 1. The van der Waals surface area contributed by atoms with Crippen LogP contribution in [0.25, 0.3) is 0 Å². The van der Waals surface area contributed by atoms with Gasteiger partial charge in [-0.1, -0.05) is 44.2 Å². The lowest BCUT2D eigenvalue weighted by atomic mass is 9.87. The van der Waals surface area contributed by atoms with Gasteiger partial charge >= 0.3 is 6.09 Å². The van der Waals surface area contributed by atoms with Crippen molar-refractivity contribution in [3.8, 4) is 5.75 Å². The minimum absolute atomic E-state index is 0.0148. The Morgan fingerprint density at radius 1 is 1.15 bits per heavy atom. The largest absolute Gasteiger partial charge is 0.497 e. The molecule has 1 saturated heterocycles. The Hall–Kier alpha value is -2.99. The quantitative estimate of drug-likeness (QED) is 0.322. The summed E-state index contributed by atoms with van der Waals surface area (Å²) in [6.07, 6.45) is -0.745. The molecule has 11 heteroatoms. The van der Waals surface area contributed by atoms with Crippen LogP contribution in [0.2, 0.25) is 0 Å². The van der Waals surface area contributed by atoms with Crippen molar-refractivity contribution in [2.75, 3.05) is 33.4 Å². The first-order valence-corrected chi connectivity index (χ1v) is 15.2. The number of alkyl carbamates (subject to hydrolysis) is 1. The summed E-state index contributed by atoms with van der Waals surface area (Å²) in [7, 11) is -2.58. The summed E-state index contributed by atoms with van der Waals surface area (Å²) in [6.45, 7) is 5.85. The van der Waals surface area contributed by atoms with E-state index in [2.05, 4.69) is 5.32 Å². The van der Waals surface area contributed by atoms with Crippen LogP contribution < -0.4 is 10.1 Å². The predicted octanol–water partition coefficient (Wildman–Crippen LogP) is 3.57. The molecule has 3 rings (SSSR count). The fourth-order valence-corrected chi connectivity index (χ4v) is 6.29. The highest BCUT2D eigenvalue weighted by atomic mass is 32.2. The van der Waals surface area contributed by atoms with Crippen molar-refractivity contribution in [2.45, 2.75) is 69.6 Å². The number of aliphatic hydroxyl groups excluding tert-OH is 1. The molecule has 0 aliphatic carbocycles. The SMILES string of the molecule is COc1ccc(S(=O)(=O)N(CC(O)C(Cc2ccccc2)NC(=O)OC2CCOC2)CC(C)(C)CCC(C)=O)cc1. The van der Waals surface area contributed by atoms with Gasteiger partial charge in [-0.25, -0.2) is 13.2 Å². The number of ketones is 1. The van der Waals surface area contributed by atoms with Crippen LogP contribution in [0.4, 0.5) is 4.79 Å². The van der Waals surface area contributed by atoms with E-state index in [1.165, 1.54) is 30.5 Å². The maximum atomic E-state index is 13.9. The van der Waals surface area contributed by atoms with E-state index in [4.69, 9.17) is 14.2 Å². The fraction of sp³-hybridized carbons (Fsp3) is 0.533. The second-order valence-corrected chi connectivity index (χ2v) is 13.2. The second-order valence-electron chi connectivity index (χ2n) is 11.2. The Labute approximate surface area is 243 Å². The number of amides is 1. The average molecular weight is 591 g/mol. The van der Waals surface area contributed by atoms with E-state index in [0.29, 0.717) is 38.2 Å². The number of nitrogens with zero attached hydrogens (tertiary/aromatic N) is 1. The van der Waals surface area contributed by atoms with Gasteiger partial charge in [-0.2, -0.15) is 4.31 Å². The number of nitrogens with one attached hydrogen (secondary N) is 1. The minimum Gasteiger partial charge on any atom is -0.497 e. The van der Waals surface area contributed by atoms with Crippen LogP contribution >= 0.6 is 0 Å². The van der Waals surface area contributed by atoms with Crippen molar-refractivity contribution in [1.82, 2.24) is 9.62 Å². The van der Waals surface area contributed by atoms with Crippen molar-refractivity contribution in [1.29, 1.82) is 0 Å². The first-order valence-electron chi connectivity index (χ1n) is 13.8. The molecule has 41 heavy (non-hydrogen) atoms. The molecule has 0 spiro atoms. The van der Waals surface area contributed by atoms with Crippen molar-refractivity contribution in [3.63, 3.8) is 0 Å². The summed E-state index contributed by atoms with van der Waals surface area (Å²) < 4.78 is 44.9. The van der Waals surface area contributed by atoms with Gasteiger partial charge in [-0.15, -0.1) is 0 Å². The minimum atomic E-state index is -4.07. The van der Waals surface area contributed by atoms with Gasteiger partial charge in [0.15, 0.2) is 0 Å². The summed E-state index contributed by atoms with van der Waals surface area (Å²) in [5.74, 6) is 0.525. The molecule has 2 N–H and O–H groups in total.